The smallest absolute Gasteiger partial charge is 0.0238 e. The van der Waals surface area contributed by atoms with Crippen LogP contribution in [0.15, 0.2) is 30.3 Å². The number of nitrogens with one attached hydrogen (secondary N) is 1. The number of benzene rings is 1. The van der Waals surface area contributed by atoms with E-state index in [-0.39, 0.29) is 0 Å². The molecule has 1 aromatic rings. The van der Waals surface area contributed by atoms with Gasteiger partial charge in [0.1, 0.15) is 0 Å². The largest absolute Gasteiger partial charge is 0.311 e. The number of aryl methyl sites for hydroxylation is 1. The molecule has 1 aromatic carbocycles. The van der Waals surface area contributed by atoms with E-state index in [4.69, 9.17) is 6.42 Å². The van der Waals surface area contributed by atoms with Gasteiger partial charge in [0.25, 0.3) is 0 Å². The van der Waals surface area contributed by atoms with E-state index in [0.717, 1.165) is 19.3 Å². The summed E-state index contributed by atoms with van der Waals surface area (Å²) in [7, 11) is 0. The first-order valence-corrected chi connectivity index (χ1v) is 5.96. The average molecular weight is 215 g/mol. The van der Waals surface area contributed by atoms with E-state index in [1.165, 1.54) is 5.56 Å². The number of rotatable bonds is 6. The Kier molecular flexibility index (Phi) is 5.67. The fourth-order valence-electron chi connectivity index (χ4n) is 1.83. The highest BCUT2D eigenvalue weighted by atomic mass is 14.9. The highest BCUT2D eigenvalue weighted by molar-refractivity contribution is 5.14. The molecule has 0 fully saturated rings. The Morgan fingerprint density at radius 3 is 2.50 bits per heavy atom. The van der Waals surface area contributed by atoms with Gasteiger partial charge < -0.3 is 5.32 Å². The Morgan fingerprint density at radius 1 is 1.19 bits per heavy atom. The summed E-state index contributed by atoms with van der Waals surface area (Å²) in [5.41, 5.74) is 1.40. The van der Waals surface area contributed by atoms with Crippen LogP contribution in [0.5, 0.6) is 0 Å². The lowest BCUT2D eigenvalue weighted by molar-refractivity contribution is 0.451. The van der Waals surface area contributed by atoms with Crippen molar-refractivity contribution in [2.45, 2.75) is 45.2 Å². The lowest BCUT2D eigenvalue weighted by Crippen LogP contribution is -2.34. The molecule has 2 unspecified atom stereocenters. The second-order valence-electron chi connectivity index (χ2n) is 4.40. The van der Waals surface area contributed by atoms with Gasteiger partial charge in [0, 0.05) is 18.5 Å². The molecule has 0 radical (unpaired) electrons. The molecule has 1 heteroatoms. The fraction of sp³-hybridized carbons (Fsp3) is 0.467. The molecule has 0 saturated heterocycles. The zero-order valence-electron chi connectivity index (χ0n) is 10.2. The van der Waals surface area contributed by atoms with Crippen LogP contribution >= 0.6 is 0 Å². The standard InChI is InChI=1S/C15H21N/c1-4-8-13(2)16-14(3)11-12-15-9-6-5-7-10-15/h1,5-7,9-10,13-14,16H,8,11-12H2,2-3H3. The van der Waals surface area contributed by atoms with Gasteiger partial charge in [0.2, 0.25) is 0 Å². The maximum absolute atomic E-state index is 5.28. The number of terminal acetylenes is 1. The van der Waals surface area contributed by atoms with E-state index in [9.17, 15) is 0 Å². The number of hydrogen-bond acceptors (Lipinski definition) is 1. The van der Waals surface area contributed by atoms with Crippen molar-refractivity contribution >= 4 is 0 Å². The first kappa shape index (κ1) is 12.8. The van der Waals surface area contributed by atoms with Crippen molar-refractivity contribution in [3.8, 4) is 12.3 Å². The van der Waals surface area contributed by atoms with Crippen molar-refractivity contribution in [3.63, 3.8) is 0 Å². The van der Waals surface area contributed by atoms with Crippen LogP contribution in [0.25, 0.3) is 0 Å². The number of hydrogen-bond donors (Lipinski definition) is 1. The Bertz CT molecular complexity index is 323. The SMILES string of the molecule is C#CCC(C)NC(C)CCc1ccccc1. The first-order valence-electron chi connectivity index (χ1n) is 5.96. The summed E-state index contributed by atoms with van der Waals surface area (Å²) in [6.07, 6.45) is 8.36. The van der Waals surface area contributed by atoms with Crippen LogP contribution in [0, 0.1) is 12.3 Å². The molecule has 0 amide bonds. The zero-order valence-corrected chi connectivity index (χ0v) is 10.2. The minimum atomic E-state index is 0.413. The van der Waals surface area contributed by atoms with E-state index in [2.05, 4.69) is 55.4 Å². The van der Waals surface area contributed by atoms with Gasteiger partial charge in [-0.05, 0) is 32.3 Å². The van der Waals surface area contributed by atoms with E-state index >= 15 is 0 Å². The summed E-state index contributed by atoms with van der Waals surface area (Å²) < 4.78 is 0. The Balaban J connectivity index is 2.25. The summed E-state index contributed by atoms with van der Waals surface area (Å²) >= 11 is 0. The van der Waals surface area contributed by atoms with Gasteiger partial charge in [-0.3, -0.25) is 0 Å². The Labute approximate surface area is 99.3 Å². The Hall–Kier alpha value is -1.26. The summed E-state index contributed by atoms with van der Waals surface area (Å²) in [6, 6.07) is 11.5. The molecule has 0 aliphatic carbocycles. The third-order valence-electron chi connectivity index (χ3n) is 2.70. The quantitative estimate of drug-likeness (QED) is 0.719. The van der Waals surface area contributed by atoms with Crippen molar-refractivity contribution in [1.29, 1.82) is 0 Å². The molecule has 0 bridgehead atoms. The predicted octanol–water partition coefficient (Wildman–Crippen LogP) is 3.01. The lowest BCUT2D eigenvalue weighted by Gasteiger charge is -2.18. The lowest BCUT2D eigenvalue weighted by atomic mass is 10.1. The molecular weight excluding hydrogens is 194 g/mol. The van der Waals surface area contributed by atoms with Gasteiger partial charge in [-0.1, -0.05) is 30.3 Å². The third-order valence-corrected chi connectivity index (χ3v) is 2.70. The molecule has 16 heavy (non-hydrogen) atoms. The monoisotopic (exact) mass is 215 g/mol. The van der Waals surface area contributed by atoms with Gasteiger partial charge in [-0.15, -0.1) is 12.3 Å². The van der Waals surface area contributed by atoms with Crippen molar-refractivity contribution in [3.05, 3.63) is 35.9 Å². The summed E-state index contributed by atoms with van der Waals surface area (Å²) in [6.45, 7) is 4.36. The van der Waals surface area contributed by atoms with Crippen LogP contribution in [0.4, 0.5) is 0 Å². The van der Waals surface area contributed by atoms with Gasteiger partial charge in [0.15, 0.2) is 0 Å². The summed E-state index contributed by atoms with van der Waals surface area (Å²) in [5, 5.41) is 3.51. The van der Waals surface area contributed by atoms with Crippen LogP contribution in [0.1, 0.15) is 32.3 Å². The highest BCUT2D eigenvalue weighted by Crippen LogP contribution is 2.05. The molecule has 0 aromatic heterocycles. The minimum absolute atomic E-state index is 0.413. The van der Waals surface area contributed by atoms with Crippen LogP contribution in [0.2, 0.25) is 0 Å². The molecule has 1 N–H and O–H groups in total. The van der Waals surface area contributed by atoms with Gasteiger partial charge in [-0.2, -0.15) is 0 Å². The molecule has 2 atom stereocenters. The second kappa shape index (κ2) is 7.09. The summed E-state index contributed by atoms with van der Waals surface area (Å²) in [4.78, 5) is 0. The van der Waals surface area contributed by atoms with E-state index < -0.39 is 0 Å². The third kappa shape index (κ3) is 5.00. The van der Waals surface area contributed by atoms with Crippen LogP contribution in [0.3, 0.4) is 0 Å². The van der Waals surface area contributed by atoms with Crippen molar-refractivity contribution in [2.24, 2.45) is 0 Å². The maximum atomic E-state index is 5.28. The van der Waals surface area contributed by atoms with Gasteiger partial charge in [-0.25, -0.2) is 0 Å². The molecular formula is C15H21N. The van der Waals surface area contributed by atoms with Crippen LogP contribution in [-0.2, 0) is 6.42 Å². The molecule has 86 valence electrons. The van der Waals surface area contributed by atoms with Gasteiger partial charge >= 0.3 is 0 Å². The normalized spacial score (nSPS) is 14.1. The molecule has 0 aliphatic heterocycles. The molecule has 0 spiro atoms. The van der Waals surface area contributed by atoms with Crippen LogP contribution < -0.4 is 5.32 Å². The molecule has 1 nitrogen and oxygen atoms in total. The fourth-order valence-corrected chi connectivity index (χ4v) is 1.83. The van der Waals surface area contributed by atoms with E-state index in [0.29, 0.717) is 12.1 Å². The zero-order chi connectivity index (χ0) is 11.8. The van der Waals surface area contributed by atoms with Crippen LogP contribution in [-0.4, -0.2) is 12.1 Å². The molecule has 0 aliphatic rings. The van der Waals surface area contributed by atoms with Crippen molar-refractivity contribution < 1.29 is 0 Å². The first-order chi connectivity index (χ1) is 7.72. The highest BCUT2D eigenvalue weighted by Gasteiger charge is 2.06. The Morgan fingerprint density at radius 2 is 1.88 bits per heavy atom. The topological polar surface area (TPSA) is 12.0 Å². The molecule has 0 heterocycles. The molecule has 1 rings (SSSR count). The van der Waals surface area contributed by atoms with E-state index in [1.807, 2.05) is 0 Å². The average Bonchev–Trinajstić information content (AvgIpc) is 2.28. The van der Waals surface area contributed by atoms with Crippen molar-refractivity contribution in [1.82, 2.24) is 5.32 Å². The minimum Gasteiger partial charge on any atom is -0.311 e. The van der Waals surface area contributed by atoms with E-state index in [1.54, 1.807) is 0 Å². The van der Waals surface area contributed by atoms with Gasteiger partial charge in [0.05, 0.1) is 0 Å². The second-order valence-corrected chi connectivity index (χ2v) is 4.40. The predicted molar refractivity (Wildman–Crippen MR) is 70.3 cm³/mol. The van der Waals surface area contributed by atoms with Crippen molar-refractivity contribution in [2.75, 3.05) is 0 Å². The molecule has 0 saturated carbocycles. The maximum Gasteiger partial charge on any atom is 0.0238 e. The summed E-state index contributed by atoms with van der Waals surface area (Å²) in [5.74, 6) is 2.68.